The Bertz CT molecular complexity index is 753. The SMILES string of the molecule is C/C(=N/NC(=O)c1ccccc1F)c1ccc2c(c1)CCC2. The van der Waals surface area contributed by atoms with Crippen LogP contribution in [0.25, 0.3) is 0 Å². The Hall–Kier alpha value is -2.49. The van der Waals surface area contributed by atoms with Gasteiger partial charge in [-0.25, -0.2) is 9.82 Å². The van der Waals surface area contributed by atoms with Gasteiger partial charge in [0.25, 0.3) is 5.91 Å². The van der Waals surface area contributed by atoms with E-state index in [1.165, 1.54) is 29.7 Å². The zero-order valence-electron chi connectivity index (χ0n) is 12.4. The number of amides is 1. The van der Waals surface area contributed by atoms with Crippen molar-refractivity contribution >= 4 is 11.6 Å². The number of rotatable bonds is 3. The van der Waals surface area contributed by atoms with E-state index < -0.39 is 11.7 Å². The van der Waals surface area contributed by atoms with Crippen LogP contribution in [0.4, 0.5) is 4.39 Å². The van der Waals surface area contributed by atoms with Gasteiger partial charge in [-0.2, -0.15) is 5.10 Å². The molecule has 0 saturated carbocycles. The third-order valence-corrected chi connectivity index (χ3v) is 3.96. The molecule has 3 rings (SSSR count). The van der Waals surface area contributed by atoms with Gasteiger partial charge >= 0.3 is 0 Å². The van der Waals surface area contributed by atoms with E-state index in [4.69, 9.17) is 0 Å². The molecule has 1 N–H and O–H groups in total. The smallest absolute Gasteiger partial charge is 0.267 e. The second kappa shape index (κ2) is 6.10. The molecule has 1 aliphatic rings. The molecular formula is C18H17FN2O. The summed E-state index contributed by atoms with van der Waals surface area (Å²) in [4.78, 5) is 11.9. The maximum absolute atomic E-state index is 13.5. The zero-order chi connectivity index (χ0) is 15.5. The number of hydrazone groups is 1. The van der Waals surface area contributed by atoms with Crippen LogP contribution in [0.1, 0.15) is 40.4 Å². The van der Waals surface area contributed by atoms with Crippen LogP contribution < -0.4 is 5.43 Å². The van der Waals surface area contributed by atoms with Gasteiger partial charge in [0.2, 0.25) is 0 Å². The molecule has 0 bridgehead atoms. The van der Waals surface area contributed by atoms with Gasteiger partial charge in [0, 0.05) is 0 Å². The predicted molar refractivity (Wildman–Crippen MR) is 84.5 cm³/mol. The Labute approximate surface area is 128 Å². The monoisotopic (exact) mass is 296 g/mol. The van der Waals surface area contributed by atoms with Crippen LogP contribution in [0.3, 0.4) is 0 Å². The van der Waals surface area contributed by atoms with Crippen molar-refractivity contribution in [2.45, 2.75) is 26.2 Å². The highest BCUT2D eigenvalue weighted by Gasteiger charge is 2.13. The summed E-state index contributed by atoms with van der Waals surface area (Å²) in [5, 5.41) is 4.09. The summed E-state index contributed by atoms with van der Waals surface area (Å²) in [5.74, 6) is -1.09. The van der Waals surface area contributed by atoms with Crippen LogP contribution in [0, 0.1) is 5.82 Å². The van der Waals surface area contributed by atoms with Crippen molar-refractivity contribution in [3.05, 3.63) is 70.5 Å². The topological polar surface area (TPSA) is 41.5 Å². The average Bonchev–Trinajstić information content (AvgIpc) is 3.00. The summed E-state index contributed by atoms with van der Waals surface area (Å²) in [6.07, 6.45) is 3.42. The minimum Gasteiger partial charge on any atom is -0.267 e. The van der Waals surface area contributed by atoms with Gasteiger partial charge in [0.05, 0.1) is 11.3 Å². The zero-order valence-corrected chi connectivity index (χ0v) is 12.4. The molecular weight excluding hydrogens is 279 g/mol. The maximum atomic E-state index is 13.5. The van der Waals surface area contributed by atoms with Crippen LogP contribution in [-0.4, -0.2) is 11.6 Å². The number of nitrogens with zero attached hydrogens (tertiary/aromatic N) is 1. The molecule has 0 saturated heterocycles. The molecule has 2 aromatic rings. The van der Waals surface area contributed by atoms with Crippen molar-refractivity contribution < 1.29 is 9.18 Å². The van der Waals surface area contributed by atoms with E-state index in [9.17, 15) is 9.18 Å². The summed E-state index contributed by atoms with van der Waals surface area (Å²) in [6.45, 7) is 1.83. The summed E-state index contributed by atoms with van der Waals surface area (Å²) in [6, 6.07) is 12.1. The van der Waals surface area contributed by atoms with E-state index in [0.29, 0.717) is 5.71 Å². The van der Waals surface area contributed by atoms with Crippen molar-refractivity contribution in [3.8, 4) is 0 Å². The van der Waals surface area contributed by atoms with E-state index >= 15 is 0 Å². The lowest BCUT2D eigenvalue weighted by molar-refractivity contribution is 0.0951. The van der Waals surface area contributed by atoms with Gasteiger partial charge in [-0.05, 0) is 61.1 Å². The summed E-state index contributed by atoms with van der Waals surface area (Å²) in [7, 11) is 0. The first-order valence-electron chi connectivity index (χ1n) is 7.36. The van der Waals surface area contributed by atoms with Crippen molar-refractivity contribution in [1.82, 2.24) is 5.43 Å². The van der Waals surface area contributed by atoms with Crippen LogP contribution in [0.5, 0.6) is 0 Å². The van der Waals surface area contributed by atoms with Crippen LogP contribution >= 0.6 is 0 Å². The van der Waals surface area contributed by atoms with E-state index in [1.54, 1.807) is 12.1 Å². The lowest BCUT2D eigenvalue weighted by Gasteiger charge is -2.06. The molecule has 2 aromatic carbocycles. The first kappa shape index (κ1) is 14.4. The molecule has 0 heterocycles. The third kappa shape index (κ3) is 2.91. The highest BCUT2D eigenvalue weighted by Crippen LogP contribution is 2.23. The van der Waals surface area contributed by atoms with Gasteiger partial charge in [-0.3, -0.25) is 4.79 Å². The number of nitrogens with one attached hydrogen (secondary N) is 1. The third-order valence-electron chi connectivity index (χ3n) is 3.96. The second-order valence-electron chi connectivity index (χ2n) is 5.46. The van der Waals surface area contributed by atoms with Crippen LogP contribution in [0.15, 0.2) is 47.6 Å². The lowest BCUT2D eigenvalue weighted by Crippen LogP contribution is -2.20. The van der Waals surface area contributed by atoms with Crippen LogP contribution in [0.2, 0.25) is 0 Å². The average molecular weight is 296 g/mol. The normalized spacial score (nSPS) is 13.8. The quantitative estimate of drug-likeness (QED) is 0.684. The highest BCUT2D eigenvalue weighted by molar-refractivity contribution is 6.01. The molecule has 0 aromatic heterocycles. The van der Waals surface area contributed by atoms with Crippen molar-refractivity contribution in [1.29, 1.82) is 0 Å². The molecule has 0 spiro atoms. The molecule has 1 aliphatic carbocycles. The first-order valence-corrected chi connectivity index (χ1v) is 7.36. The Morgan fingerprint density at radius 2 is 1.91 bits per heavy atom. The second-order valence-corrected chi connectivity index (χ2v) is 5.46. The maximum Gasteiger partial charge on any atom is 0.274 e. The van der Waals surface area contributed by atoms with Crippen molar-refractivity contribution in [2.75, 3.05) is 0 Å². The van der Waals surface area contributed by atoms with E-state index in [2.05, 4.69) is 22.7 Å². The number of carbonyl (C=O) groups is 1. The molecule has 0 unspecified atom stereocenters. The van der Waals surface area contributed by atoms with E-state index in [0.717, 1.165) is 18.4 Å². The fourth-order valence-electron chi connectivity index (χ4n) is 2.70. The summed E-state index contributed by atoms with van der Waals surface area (Å²) in [5.41, 5.74) is 6.85. The number of hydrogen-bond donors (Lipinski definition) is 1. The first-order chi connectivity index (χ1) is 10.6. The number of halogens is 1. The van der Waals surface area contributed by atoms with Crippen molar-refractivity contribution in [2.24, 2.45) is 5.10 Å². The molecule has 0 radical (unpaired) electrons. The lowest BCUT2D eigenvalue weighted by atomic mass is 10.0. The van der Waals surface area contributed by atoms with Gasteiger partial charge in [0.15, 0.2) is 0 Å². The molecule has 112 valence electrons. The molecule has 0 aliphatic heterocycles. The Balaban J connectivity index is 1.75. The Morgan fingerprint density at radius 3 is 2.73 bits per heavy atom. The van der Waals surface area contributed by atoms with E-state index in [-0.39, 0.29) is 5.56 Å². The standard InChI is InChI=1S/C18H17FN2O/c1-12(14-10-9-13-5-4-6-15(13)11-14)20-21-18(22)16-7-2-3-8-17(16)19/h2-3,7-11H,4-6H2,1H3,(H,21,22)/b20-12-. The predicted octanol–water partition coefficient (Wildman–Crippen LogP) is 3.47. The number of benzene rings is 2. The van der Waals surface area contributed by atoms with Gasteiger partial charge in [-0.1, -0.05) is 24.3 Å². The highest BCUT2D eigenvalue weighted by atomic mass is 19.1. The van der Waals surface area contributed by atoms with Gasteiger partial charge in [0.1, 0.15) is 5.82 Å². The largest absolute Gasteiger partial charge is 0.274 e. The minimum atomic E-state index is -0.551. The van der Waals surface area contributed by atoms with Crippen molar-refractivity contribution in [3.63, 3.8) is 0 Å². The molecule has 4 heteroatoms. The number of hydrogen-bond acceptors (Lipinski definition) is 2. The van der Waals surface area contributed by atoms with Crippen LogP contribution in [-0.2, 0) is 12.8 Å². The molecule has 22 heavy (non-hydrogen) atoms. The minimum absolute atomic E-state index is 0.00648. The molecule has 0 atom stereocenters. The number of carbonyl (C=O) groups excluding carboxylic acids is 1. The summed E-state index contributed by atoms with van der Waals surface area (Å²) >= 11 is 0. The Morgan fingerprint density at radius 1 is 1.14 bits per heavy atom. The fraction of sp³-hybridized carbons (Fsp3) is 0.222. The molecule has 0 fully saturated rings. The van der Waals surface area contributed by atoms with Gasteiger partial charge in [-0.15, -0.1) is 0 Å². The van der Waals surface area contributed by atoms with E-state index in [1.807, 2.05) is 13.0 Å². The number of fused-ring (bicyclic) bond motifs is 1. The molecule has 3 nitrogen and oxygen atoms in total. The molecule has 1 amide bonds. The fourth-order valence-corrected chi connectivity index (χ4v) is 2.70. The number of aryl methyl sites for hydroxylation is 2. The van der Waals surface area contributed by atoms with Gasteiger partial charge < -0.3 is 0 Å². The summed E-state index contributed by atoms with van der Waals surface area (Å²) < 4.78 is 13.5. The Kier molecular flexibility index (Phi) is 4.00.